The molecule has 2 fully saturated rings. The maximum absolute atomic E-state index is 13.3. The molecular weight excluding hydrogens is 345 g/mol. The van der Waals surface area contributed by atoms with E-state index in [-0.39, 0.29) is 29.7 Å². The van der Waals surface area contributed by atoms with E-state index in [0.717, 1.165) is 43.7 Å². The lowest BCUT2D eigenvalue weighted by molar-refractivity contribution is -0.145. The van der Waals surface area contributed by atoms with Crippen molar-refractivity contribution < 1.29 is 13.9 Å². The highest BCUT2D eigenvalue weighted by molar-refractivity contribution is 5.80. The van der Waals surface area contributed by atoms with E-state index in [0.29, 0.717) is 13.2 Å². The van der Waals surface area contributed by atoms with Crippen LogP contribution in [0, 0.1) is 11.7 Å². The van der Waals surface area contributed by atoms with E-state index in [1.54, 1.807) is 6.20 Å². The molecule has 144 valence electrons. The van der Waals surface area contributed by atoms with E-state index in [4.69, 9.17) is 4.74 Å². The molecule has 0 aliphatic carbocycles. The van der Waals surface area contributed by atoms with Gasteiger partial charge in [-0.15, -0.1) is 0 Å². The molecule has 2 saturated heterocycles. The summed E-state index contributed by atoms with van der Waals surface area (Å²) in [5, 5.41) is 0. The van der Waals surface area contributed by atoms with Crippen LogP contribution in [-0.4, -0.2) is 40.1 Å². The first kappa shape index (κ1) is 18.2. The zero-order valence-corrected chi connectivity index (χ0v) is 15.7. The SMILES string of the molecule is CCn1ccnc1[C@@H]1OCCC[C@H]1C(=O)N1CCC(c2ccc(F)cc2)C1. The number of imidazole rings is 1. The Morgan fingerprint density at radius 2 is 2.11 bits per heavy atom. The molecule has 1 aromatic carbocycles. The smallest absolute Gasteiger partial charge is 0.228 e. The van der Waals surface area contributed by atoms with Gasteiger partial charge in [-0.2, -0.15) is 0 Å². The van der Waals surface area contributed by atoms with E-state index in [1.165, 1.54) is 12.1 Å². The highest BCUT2D eigenvalue weighted by Gasteiger charge is 2.39. The summed E-state index contributed by atoms with van der Waals surface area (Å²) >= 11 is 0. The molecule has 4 rings (SSSR count). The molecule has 0 N–H and O–H groups in total. The van der Waals surface area contributed by atoms with E-state index in [1.807, 2.05) is 23.2 Å². The molecule has 0 radical (unpaired) electrons. The molecule has 3 atom stereocenters. The number of hydrogen-bond donors (Lipinski definition) is 0. The minimum Gasteiger partial charge on any atom is -0.369 e. The molecule has 6 heteroatoms. The second-order valence-corrected chi connectivity index (χ2v) is 7.43. The number of nitrogens with zero attached hydrogens (tertiary/aromatic N) is 3. The average molecular weight is 371 g/mol. The Kier molecular flexibility index (Phi) is 5.25. The second kappa shape index (κ2) is 7.80. The van der Waals surface area contributed by atoms with Crippen LogP contribution < -0.4 is 0 Å². The van der Waals surface area contributed by atoms with E-state index in [2.05, 4.69) is 16.5 Å². The first-order valence-corrected chi connectivity index (χ1v) is 9.84. The molecule has 0 saturated carbocycles. The molecular formula is C21H26FN3O2. The molecule has 1 amide bonds. The number of carbonyl (C=O) groups is 1. The molecule has 1 aromatic heterocycles. The summed E-state index contributed by atoms with van der Waals surface area (Å²) in [7, 11) is 0. The van der Waals surface area contributed by atoms with Crippen molar-refractivity contribution in [3.63, 3.8) is 0 Å². The fourth-order valence-corrected chi connectivity index (χ4v) is 4.34. The Labute approximate surface area is 159 Å². The van der Waals surface area contributed by atoms with Gasteiger partial charge in [0.15, 0.2) is 0 Å². The topological polar surface area (TPSA) is 47.4 Å². The van der Waals surface area contributed by atoms with Gasteiger partial charge in [0.1, 0.15) is 17.7 Å². The van der Waals surface area contributed by atoms with Gasteiger partial charge in [0.05, 0.1) is 5.92 Å². The van der Waals surface area contributed by atoms with Gasteiger partial charge in [0, 0.05) is 44.6 Å². The standard InChI is InChI=1S/C21H26FN3O2/c1-2-24-12-10-23-20(24)19-18(4-3-13-27-19)21(26)25-11-9-16(14-25)15-5-7-17(22)8-6-15/h5-8,10,12,16,18-19H,2-4,9,11,13-14H2,1H3/t16?,18-,19-/m1/s1. The average Bonchev–Trinajstić information content (AvgIpc) is 3.37. The van der Waals surface area contributed by atoms with Crippen LogP contribution in [0.4, 0.5) is 4.39 Å². The normalized spacial score (nSPS) is 25.7. The number of hydrogen-bond acceptors (Lipinski definition) is 3. The van der Waals surface area contributed by atoms with Crippen molar-refractivity contribution in [2.75, 3.05) is 19.7 Å². The minimum absolute atomic E-state index is 0.162. The van der Waals surface area contributed by atoms with Crippen LogP contribution in [0.1, 0.15) is 49.6 Å². The van der Waals surface area contributed by atoms with Crippen molar-refractivity contribution in [1.29, 1.82) is 0 Å². The number of likely N-dealkylation sites (tertiary alicyclic amines) is 1. The number of aryl methyl sites for hydroxylation is 1. The van der Waals surface area contributed by atoms with Crippen LogP contribution in [0.15, 0.2) is 36.7 Å². The van der Waals surface area contributed by atoms with E-state index in [9.17, 15) is 9.18 Å². The fourth-order valence-electron chi connectivity index (χ4n) is 4.34. The Balaban J connectivity index is 1.48. The van der Waals surface area contributed by atoms with Crippen molar-refractivity contribution in [3.05, 3.63) is 53.9 Å². The lowest BCUT2D eigenvalue weighted by atomic mass is 9.92. The minimum atomic E-state index is -0.272. The van der Waals surface area contributed by atoms with Gasteiger partial charge in [-0.1, -0.05) is 12.1 Å². The summed E-state index contributed by atoms with van der Waals surface area (Å²) in [5.74, 6) is 0.881. The molecule has 27 heavy (non-hydrogen) atoms. The lowest BCUT2D eigenvalue weighted by Gasteiger charge is -2.33. The third-order valence-electron chi connectivity index (χ3n) is 5.82. The van der Waals surface area contributed by atoms with Crippen LogP contribution in [0.3, 0.4) is 0 Å². The number of amides is 1. The van der Waals surface area contributed by atoms with Crippen molar-refractivity contribution in [2.45, 2.75) is 44.8 Å². The predicted octanol–water partition coefficient (Wildman–Crippen LogP) is 3.53. The summed E-state index contributed by atoms with van der Waals surface area (Å²) in [5.41, 5.74) is 1.10. The van der Waals surface area contributed by atoms with Gasteiger partial charge in [-0.05, 0) is 43.9 Å². The summed E-state index contributed by atoms with van der Waals surface area (Å²) < 4.78 is 21.2. The fraction of sp³-hybridized carbons (Fsp3) is 0.524. The van der Waals surface area contributed by atoms with Crippen molar-refractivity contribution in [2.24, 2.45) is 5.92 Å². The first-order valence-electron chi connectivity index (χ1n) is 9.84. The highest BCUT2D eigenvalue weighted by Crippen LogP contribution is 2.36. The lowest BCUT2D eigenvalue weighted by Crippen LogP contribution is -2.40. The maximum atomic E-state index is 13.3. The Morgan fingerprint density at radius 3 is 2.89 bits per heavy atom. The van der Waals surface area contributed by atoms with Crippen molar-refractivity contribution in [3.8, 4) is 0 Å². The van der Waals surface area contributed by atoms with Crippen LogP contribution in [0.2, 0.25) is 0 Å². The summed E-state index contributed by atoms with van der Waals surface area (Å²) in [6.07, 6.45) is 6.09. The van der Waals surface area contributed by atoms with Gasteiger partial charge >= 0.3 is 0 Å². The van der Waals surface area contributed by atoms with Crippen LogP contribution in [0.25, 0.3) is 0 Å². The zero-order valence-electron chi connectivity index (χ0n) is 15.7. The van der Waals surface area contributed by atoms with Gasteiger partial charge < -0.3 is 14.2 Å². The third-order valence-corrected chi connectivity index (χ3v) is 5.82. The number of ether oxygens (including phenoxy) is 1. The monoisotopic (exact) mass is 371 g/mol. The molecule has 0 bridgehead atoms. The Bertz CT molecular complexity index is 789. The molecule has 3 heterocycles. The number of carbonyl (C=O) groups excluding carboxylic acids is 1. The molecule has 2 aromatic rings. The number of halogens is 1. The van der Waals surface area contributed by atoms with Gasteiger partial charge in [-0.25, -0.2) is 9.37 Å². The summed E-state index contributed by atoms with van der Waals surface area (Å²) in [6, 6.07) is 6.65. The molecule has 5 nitrogen and oxygen atoms in total. The summed E-state index contributed by atoms with van der Waals surface area (Å²) in [4.78, 5) is 19.7. The van der Waals surface area contributed by atoms with Crippen LogP contribution in [0.5, 0.6) is 0 Å². The Hall–Kier alpha value is -2.21. The molecule has 1 unspecified atom stereocenters. The van der Waals surface area contributed by atoms with Gasteiger partial charge in [0.25, 0.3) is 0 Å². The largest absolute Gasteiger partial charge is 0.369 e. The first-order chi connectivity index (χ1) is 13.2. The van der Waals surface area contributed by atoms with E-state index >= 15 is 0 Å². The predicted molar refractivity (Wildman–Crippen MR) is 99.7 cm³/mol. The number of aromatic nitrogens is 2. The summed E-state index contributed by atoms with van der Waals surface area (Å²) in [6.45, 7) is 4.98. The number of rotatable bonds is 4. The molecule has 2 aliphatic heterocycles. The van der Waals surface area contributed by atoms with Gasteiger partial charge in [0.2, 0.25) is 5.91 Å². The Morgan fingerprint density at radius 1 is 1.30 bits per heavy atom. The second-order valence-electron chi connectivity index (χ2n) is 7.43. The third kappa shape index (κ3) is 3.63. The maximum Gasteiger partial charge on any atom is 0.228 e. The van der Waals surface area contributed by atoms with Crippen molar-refractivity contribution in [1.82, 2.24) is 14.5 Å². The number of benzene rings is 1. The van der Waals surface area contributed by atoms with Gasteiger partial charge in [-0.3, -0.25) is 4.79 Å². The zero-order chi connectivity index (χ0) is 18.8. The van der Waals surface area contributed by atoms with Crippen LogP contribution in [-0.2, 0) is 16.1 Å². The van der Waals surface area contributed by atoms with E-state index < -0.39 is 0 Å². The molecule has 2 aliphatic rings. The molecule has 0 spiro atoms. The highest BCUT2D eigenvalue weighted by atomic mass is 19.1. The van der Waals surface area contributed by atoms with Crippen LogP contribution >= 0.6 is 0 Å². The van der Waals surface area contributed by atoms with Crippen molar-refractivity contribution >= 4 is 5.91 Å². The quantitative estimate of drug-likeness (QED) is 0.826.